The summed E-state index contributed by atoms with van der Waals surface area (Å²) in [6, 6.07) is 16.9. The van der Waals surface area contributed by atoms with Crippen LogP contribution < -0.4 is 9.64 Å². The van der Waals surface area contributed by atoms with E-state index in [9.17, 15) is 0 Å². The Kier molecular flexibility index (Phi) is 5.18. The molecule has 0 radical (unpaired) electrons. The first-order valence-electron chi connectivity index (χ1n) is 8.93. The van der Waals surface area contributed by atoms with Crippen molar-refractivity contribution in [3.63, 3.8) is 0 Å². The summed E-state index contributed by atoms with van der Waals surface area (Å²) >= 11 is 1.65. The van der Waals surface area contributed by atoms with Crippen molar-refractivity contribution >= 4 is 17.2 Å². The molecule has 0 bridgehead atoms. The van der Waals surface area contributed by atoms with Crippen LogP contribution in [0.5, 0.6) is 5.06 Å². The fourth-order valence-electron chi connectivity index (χ4n) is 3.49. The van der Waals surface area contributed by atoms with E-state index in [0.717, 1.165) is 43.6 Å². The maximum atomic E-state index is 5.54. The molecule has 26 heavy (non-hydrogen) atoms. The molecule has 0 unspecified atom stereocenters. The van der Waals surface area contributed by atoms with Crippen molar-refractivity contribution in [2.24, 2.45) is 0 Å². The topological polar surface area (TPSA) is 28.6 Å². The molecule has 1 aromatic carbocycles. The van der Waals surface area contributed by atoms with Crippen LogP contribution in [-0.2, 0) is 6.54 Å². The largest absolute Gasteiger partial charge is 0.487 e. The average Bonchev–Trinajstić information content (AvgIpc) is 3.18. The lowest BCUT2D eigenvalue weighted by atomic mass is 10.0. The van der Waals surface area contributed by atoms with Gasteiger partial charge in [0.05, 0.1) is 7.11 Å². The third-order valence-corrected chi connectivity index (χ3v) is 5.73. The zero-order valence-electron chi connectivity index (χ0n) is 15.0. The first kappa shape index (κ1) is 17.1. The van der Waals surface area contributed by atoms with Gasteiger partial charge in [-0.25, -0.2) is 4.98 Å². The summed E-state index contributed by atoms with van der Waals surface area (Å²) in [5.41, 5.74) is 3.83. The highest BCUT2D eigenvalue weighted by molar-refractivity contribution is 7.12. The van der Waals surface area contributed by atoms with Gasteiger partial charge in [-0.05, 0) is 34.7 Å². The molecule has 0 spiro atoms. The Balaban J connectivity index is 1.46. The third kappa shape index (κ3) is 3.59. The van der Waals surface area contributed by atoms with E-state index in [1.54, 1.807) is 18.4 Å². The van der Waals surface area contributed by atoms with Crippen molar-refractivity contribution in [2.75, 3.05) is 38.2 Å². The lowest BCUT2D eigenvalue weighted by molar-refractivity contribution is 0.249. The number of piperazine rings is 1. The molecule has 4 nitrogen and oxygen atoms in total. The first-order chi connectivity index (χ1) is 12.8. The maximum absolute atomic E-state index is 5.54. The quantitative estimate of drug-likeness (QED) is 0.679. The predicted octanol–water partition coefficient (Wildman–Crippen LogP) is 4.14. The Morgan fingerprint density at radius 2 is 1.77 bits per heavy atom. The Morgan fingerprint density at radius 3 is 2.54 bits per heavy atom. The van der Waals surface area contributed by atoms with Crippen molar-refractivity contribution in [1.82, 2.24) is 9.88 Å². The molecule has 1 aliphatic rings. The molecular formula is C21H23N3OS. The van der Waals surface area contributed by atoms with Crippen molar-refractivity contribution in [2.45, 2.75) is 6.54 Å². The summed E-state index contributed by atoms with van der Waals surface area (Å²) in [5, 5.41) is 3.08. The zero-order valence-corrected chi connectivity index (χ0v) is 15.8. The van der Waals surface area contributed by atoms with Crippen LogP contribution >= 0.6 is 11.3 Å². The minimum Gasteiger partial charge on any atom is -0.487 e. The van der Waals surface area contributed by atoms with Gasteiger partial charge in [-0.15, -0.1) is 11.3 Å². The zero-order chi connectivity index (χ0) is 17.8. The van der Waals surface area contributed by atoms with E-state index in [-0.39, 0.29) is 0 Å². The van der Waals surface area contributed by atoms with Gasteiger partial charge in [0.1, 0.15) is 5.82 Å². The Hall–Kier alpha value is -2.37. The molecular weight excluding hydrogens is 342 g/mol. The summed E-state index contributed by atoms with van der Waals surface area (Å²) in [4.78, 5) is 9.36. The summed E-state index contributed by atoms with van der Waals surface area (Å²) < 4.78 is 5.54. The lowest BCUT2D eigenvalue weighted by Crippen LogP contribution is -2.46. The summed E-state index contributed by atoms with van der Waals surface area (Å²) in [6.07, 6.45) is 1.87. The van der Waals surface area contributed by atoms with E-state index in [2.05, 4.69) is 62.6 Å². The molecule has 1 aliphatic heterocycles. The number of hydrogen-bond donors (Lipinski definition) is 0. The van der Waals surface area contributed by atoms with Gasteiger partial charge >= 0.3 is 0 Å². The highest BCUT2D eigenvalue weighted by Crippen LogP contribution is 2.37. The normalized spacial score (nSPS) is 15.2. The average molecular weight is 366 g/mol. The number of aromatic nitrogens is 1. The van der Waals surface area contributed by atoms with Crippen LogP contribution in [0.1, 0.15) is 5.56 Å². The smallest absolute Gasteiger partial charge is 0.181 e. The minimum absolute atomic E-state index is 0.964. The van der Waals surface area contributed by atoms with Gasteiger partial charge in [0.25, 0.3) is 0 Å². The van der Waals surface area contributed by atoms with Crippen molar-refractivity contribution in [3.05, 3.63) is 65.7 Å². The Bertz CT molecular complexity index is 841. The third-order valence-electron chi connectivity index (χ3n) is 4.86. The second-order valence-electron chi connectivity index (χ2n) is 6.43. The number of methoxy groups -OCH3 is 1. The van der Waals surface area contributed by atoms with E-state index in [1.165, 1.54) is 16.7 Å². The van der Waals surface area contributed by atoms with E-state index in [0.29, 0.717) is 0 Å². The molecule has 4 rings (SSSR count). The number of anilines is 1. The highest BCUT2D eigenvalue weighted by Gasteiger charge is 2.19. The van der Waals surface area contributed by atoms with Gasteiger partial charge in [0.15, 0.2) is 5.06 Å². The SMILES string of the molecule is COc1sccc1-c1ccccc1CN1CCN(c2ccccn2)CC1. The second kappa shape index (κ2) is 7.89. The first-order valence-corrected chi connectivity index (χ1v) is 9.81. The van der Waals surface area contributed by atoms with E-state index in [1.807, 2.05) is 12.3 Å². The fraction of sp³-hybridized carbons (Fsp3) is 0.286. The van der Waals surface area contributed by atoms with Gasteiger partial charge in [0.2, 0.25) is 0 Å². The van der Waals surface area contributed by atoms with Crippen LogP contribution in [0, 0.1) is 0 Å². The Labute approximate surface area is 158 Å². The lowest BCUT2D eigenvalue weighted by Gasteiger charge is -2.35. The molecule has 134 valence electrons. The van der Waals surface area contributed by atoms with Crippen LogP contribution in [0.25, 0.3) is 11.1 Å². The molecule has 3 aromatic rings. The number of ether oxygens (including phenoxy) is 1. The molecule has 2 aromatic heterocycles. The second-order valence-corrected chi connectivity index (χ2v) is 7.31. The minimum atomic E-state index is 0.964. The number of rotatable bonds is 5. The molecule has 1 fully saturated rings. The molecule has 3 heterocycles. The summed E-state index contributed by atoms with van der Waals surface area (Å²) in [5.74, 6) is 1.08. The number of benzene rings is 1. The monoisotopic (exact) mass is 365 g/mol. The van der Waals surface area contributed by atoms with Crippen LogP contribution in [0.2, 0.25) is 0 Å². The van der Waals surface area contributed by atoms with Crippen molar-refractivity contribution in [3.8, 4) is 16.2 Å². The highest BCUT2D eigenvalue weighted by atomic mass is 32.1. The van der Waals surface area contributed by atoms with E-state index in [4.69, 9.17) is 4.74 Å². The molecule has 5 heteroatoms. The van der Waals surface area contributed by atoms with Crippen molar-refractivity contribution < 1.29 is 4.74 Å². The standard InChI is InChI=1S/C21H23N3OS/c1-25-21-19(9-15-26-21)18-7-3-2-6-17(18)16-23-11-13-24(14-12-23)20-8-4-5-10-22-20/h2-10,15H,11-14,16H2,1H3. The fourth-order valence-corrected chi connectivity index (χ4v) is 4.22. The van der Waals surface area contributed by atoms with Crippen LogP contribution in [0.4, 0.5) is 5.82 Å². The molecule has 0 saturated carbocycles. The summed E-state index contributed by atoms with van der Waals surface area (Å²) in [6.45, 7) is 5.09. The van der Waals surface area contributed by atoms with Crippen LogP contribution in [-0.4, -0.2) is 43.2 Å². The van der Waals surface area contributed by atoms with E-state index >= 15 is 0 Å². The van der Waals surface area contributed by atoms with Crippen LogP contribution in [0.3, 0.4) is 0 Å². The van der Waals surface area contributed by atoms with Gasteiger partial charge < -0.3 is 9.64 Å². The van der Waals surface area contributed by atoms with Crippen LogP contribution in [0.15, 0.2) is 60.1 Å². The van der Waals surface area contributed by atoms with E-state index < -0.39 is 0 Å². The summed E-state index contributed by atoms with van der Waals surface area (Å²) in [7, 11) is 1.74. The number of pyridine rings is 1. The molecule has 0 aliphatic carbocycles. The molecule has 1 saturated heterocycles. The predicted molar refractivity (Wildman–Crippen MR) is 108 cm³/mol. The van der Waals surface area contributed by atoms with Gasteiger partial charge in [-0.2, -0.15) is 0 Å². The molecule has 0 N–H and O–H groups in total. The Morgan fingerprint density at radius 1 is 0.962 bits per heavy atom. The van der Waals surface area contributed by atoms with Crippen molar-refractivity contribution in [1.29, 1.82) is 0 Å². The molecule has 0 amide bonds. The molecule has 0 atom stereocenters. The van der Waals surface area contributed by atoms with Gasteiger partial charge in [0, 0.05) is 44.5 Å². The number of nitrogens with zero attached hydrogens (tertiary/aromatic N) is 3. The number of thiophene rings is 1. The number of hydrogen-bond acceptors (Lipinski definition) is 5. The van der Waals surface area contributed by atoms with Gasteiger partial charge in [-0.3, -0.25) is 4.90 Å². The maximum Gasteiger partial charge on any atom is 0.181 e. The van der Waals surface area contributed by atoms with Gasteiger partial charge in [-0.1, -0.05) is 30.3 Å².